The van der Waals surface area contributed by atoms with Gasteiger partial charge < -0.3 is 10.4 Å². The molecule has 1 amide bonds. The summed E-state index contributed by atoms with van der Waals surface area (Å²) in [5, 5.41) is 17.4. The lowest BCUT2D eigenvalue weighted by atomic mass is 9.83. The molecule has 2 aromatic rings. The van der Waals surface area contributed by atoms with Gasteiger partial charge in [-0.05, 0) is 26.3 Å². The van der Waals surface area contributed by atoms with E-state index in [1.165, 1.54) is 0 Å². The van der Waals surface area contributed by atoms with Gasteiger partial charge in [-0.15, -0.1) is 0 Å². The van der Waals surface area contributed by atoms with Gasteiger partial charge >= 0.3 is 0 Å². The first-order valence-corrected chi connectivity index (χ1v) is 7.29. The van der Waals surface area contributed by atoms with Gasteiger partial charge in [0.2, 0.25) is 5.91 Å². The molecule has 0 radical (unpaired) electrons. The monoisotopic (exact) mass is 301 g/mol. The van der Waals surface area contributed by atoms with Gasteiger partial charge in [0.05, 0.1) is 18.2 Å². The van der Waals surface area contributed by atoms with Crippen molar-refractivity contribution in [3.63, 3.8) is 0 Å². The quantitative estimate of drug-likeness (QED) is 0.883. The van der Waals surface area contributed by atoms with Crippen molar-refractivity contribution in [2.75, 3.05) is 6.54 Å². The molecule has 1 unspecified atom stereocenters. The van der Waals surface area contributed by atoms with Crippen molar-refractivity contribution in [3.05, 3.63) is 53.9 Å². The average molecular weight is 301 g/mol. The van der Waals surface area contributed by atoms with Crippen molar-refractivity contribution in [1.29, 1.82) is 0 Å². The lowest BCUT2D eigenvalue weighted by Gasteiger charge is -2.28. The molecule has 0 saturated carbocycles. The van der Waals surface area contributed by atoms with Crippen LogP contribution in [0.3, 0.4) is 0 Å². The molecule has 22 heavy (non-hydrogen) atoms. The predicted octanol–water partition coefficient (Wildman–Crippen LogP) is 1.72. The maximum Gasteiger partial charge on any atom is 0.230 e. The van der Waals surface area contributed by atoms with Crippen LogP contribution in [-0.4, -0.2) is 27.3 Å². The smallest absolute Gasteiger partial charge is 0.230 e. The number of aryl methyl sites for hydroxylation is 1. The standard InChI is InChI=1S/C17H23N3O2/c1-16(2,13-8-6-5-7-9-13)15(21)18-12-17(3,22)14-10-19-20(4)11-14/h5-11,22H,12H2,1-4H3,(H,18,21). The van der Waals surface area contributed by atoms with Crippen LogP contribution in [0.5, 0.6) is 0 Å². The summed E-state index contributed by atoms with van der Waals surface area (Å²) in [6, 6.07) is 9.61. The molecule has 1 aromatic heterocycles. The second kappa shape index (κ2) is 5.93. The number of aliphatic hydroxyl groups is 1. The second-order valence-corrected chi connectivity index (χ2v) is 6.35. The van der Waals surface area contributed by atoms with E-state index in [0.29, 0.717) is 5.56 Å². The minimum absolute atomic E-state index is 0.122. The summed E-state index contributed by atoms with van der Waals surface area (Å²) >= 11 is 0. The van der Waals surface area contributed by atoms with Gasteiger partial charge in [0.25, 0.3) is 0 Å². The zero-order valence-corrected chi connectivity index (χ0v) is 13.5. The van der Waals surface area contributed by atoms with E-state index >= 15 is 0 Å². The molecule has 1 aromatic carbocycles. The topological polar surface area (TPSA) is 67.2 Å². The number of amides is 1. The van der Waals surface area contributed by atoms with Crippen LogP contribution in [0.15, 0.2) is 42.7 Å². The minimum atomic E-state index is -1.16. The Hall–Kier alpha value is -2.14. The van der Waals surface area contributed by atoms with Crippen LogP contribution < -0.4 is 5.32 Å². The molecule has 118 valence electrons. The summed E-state index contributed by atoms with van der Waals surface area (Å²) < 4.78 is 1.62. The number of carbonyl (C=O) groups excluding carboxylic acids is 1. The van der Waals surface area contributed by atoms with E-state index in [2.05, 4.69) is 10.4 Å². The van der Waals surface area contributed by atoms with E-state index in [1.54, 1.807) is 31.0 Å². The van der Waals surface area contributed by atoms with Gasteiger partial charge in [0.15, 0.2) is 0 Å². The van der Waals surface area contributed by atoms with Crippen LogP contribution in [-0.2, 0) is 22.9 Å². The van der Waals surface area contributed by atoms with Crippen molar-refractivity contribution in [2.24, 2.45) is 7.05 Å². The summed E-state index contributed by atoms with van der Waals surface area (Å²) in [6.07, 6.45) is 3.35. The van der Waals surface area contributed by atoms with Crippen LogP contribution in [0.4, 0.5) is 0 Å². The fraction of sp³-hybridized carbons (Fsp3) is 0.412. The van der Waals surface area contributed by atoms with Crippen LogP contribution >= 0.6 is 0 Å². The van der Waals surface area contributed by atoms with E-state index in [9.17, 15) is 9.90 Å². The van der Waals surface area contributed by atoms with E-state index < -0.39 is 11.0 Å². The number of carbonyl (C=O) groups is 1. The minimum Gasteiger partial charge on any atom is -0.383 e. The predicted molar refractivity (Wildman–Crippen MR) is 85.3 cm³/mol. The van der Waals surface area contributed by atoms with Crippen LogP contribution in [0.2, 0.25) is 0 Å². The van der Waals surface area contributed by atoms with E-state index in [4.69, 9.17) is 0 Å². The Labute approximate surface area is 131 Å². The Bertz CT molecular complexity index is 645. The summed E-state index contributed by atoms with van der Waals surface area (Å²) in [4.78, 5) is 12.5. The summed E-state index contributed by atoms with van der Waals surface area (Å²) in [6.45, 7) is 5.54. The van der Waals surface area contributed by atoms with Gasteiger partial charge in [0.1, 0.15) is 5.60 Å². The first-order valence-electron chi connectivity index (χ1n) is 7.29. The number of rotatable bonds is 5. The zero-order valence-electron chi connectivity index (χ0n) is 13.5. The lowest BCUT2D eigenvalue weighted by Crippen LogP contribution is -2.45. The fourth-order valence-corrected chi connectivity index (χ4v) is 2.26. The lowest BCUT2D eigenvalue weighted by molar-refractivity contribution is -0.126. The van der Waals surface area contributed by atoms with E-state index in [-0.39, 0.29) is 12.5 Å². The molecule has 0 spiro atoms. The van der Waals surface area contributed by atoms with Crippen molar-refractivity contribution in [2.45, 2.75) is 31.8 Å². The van der Waals surface area contributed by atoms with Crippen molar-refractivity contribution >= 4 is 5.91 Å². The van der Waals surface area contributed by atoms with E-state index in [0.717, 1.165) is 5.56 Å². The molecule has 0 aliphatic carbocycles. The summed E-state index contributed by atoms with van der Waals surface area (Å²) in [5.74, 6) is -0.122. The molecule has 1 heterocycles. The first kappa shape index (κ1) is 16.2. The fourth-order valence-electron chi connectivity index (χ4n) is 2.26. The Morgan fingerprint density at radius 2 is 1.86 bits per heavy atom. The Morgan fingerprint density at radius 1 is 1.23 bits per heavy atom. The largest absolute Gasteiger partial charge is 0.383 e. The van der Waals surface area contributed by atoms with Gasteiger partial charge in [-0.1, -0.05) is 30.3 Å². The Balaban J connectivity index is 2.06. The molecular formula is C17H23N3O2. The third kappa shape index (κ3) is 3.36. The maximum absolute atomic E-state index is 12.5. The molecular weight excluding hydrogens is 278 g/mol. The molecule has 2 N–H and O–H groups in total. The number of benzene rings is 1. The first-order chi connectivity index (χ1) is 10.2. The highest BCUT2D eigenvalue weighted by atomic mass is 16.3. The summed E-state index contributed by atoms with van der Waals surface area (Å²) in [7, 11) is 1.79. The van der Waals surface area contributed by atoms with Crippen LogP contribution in [0.1, 0.15) is 31.9 Å². The molecule has 2 rings (SSSR count). The number of aromatic nitrogens is 2. The SMILES string of the molecule is Cn1cc(C(C)(O)CNC(=O)C(C)(C)c2ccccc2)cn1. The van der Waals surface area contributed by atoms with Gasteiger partial charge in [0, 0.05) is 18.8 Å². The molecule has 5 heteroatoms. The molecule has 5 nitrogen and oxygen atoms in total. The van der Waals surface area contributed by atoms with Crippen molar-refractivity contribution in [3.8, 4) is 0 Å². The van der Waals surface area contributed by atoms with Crippen molar-refractivity contribution in [1.82, 2.24) is 15.1 Å². The molecule has 0 aliphatic rings. The van der Waals surface area contributed by atoms with Crippen LogP contribution in [0.25, 0.3) is 0 Å². The Morgan fingerprint density at radius 3 is 2.41 bits per heavy atom. The molecule has 0 bridgehead atoms. The highest BCUT2D eigenvalue weighted by Gasteiger charge is 2.32. The van der Waals surface area contributed by atoms with Gasteiger partial charge in [-0.2, -0.15) is 5.10 Å². The maximum atomic E-state index is 12.5. The highest BCUT2D eigenvalue weighted by Crippen LogP contribution is 2.24. The number of hydrogen-bond donors (Lipinski definition) is 2. The normalized spacial score (nSPS) is 14.4. The molecule has 1 atom stereocenters. The molecule has 0 fully saturated rings. The zero-order chi connectivity index (χ0) is 16.4. The van der Waals surface area contributed by atoms with Gasteiger partial charge in [-0.3, -0.25) is 9.48 Å². The molecule has 0 saturated heterocycles. The third-order valence-corrected chi connectivity index (χ3v) is 3.98. The average Bonchev–Trinajstić information content (AvgIpc) is 2.93. The highest BCUT2D eigenvalue weighted by molar-refractivity contribution is 5.87. The van der Waals surface area contributed by atoms with Crippen LogP contribution in [0, 0.1) is 0 Å². The summed E-state index contributed by atoms with van der Waals surface area (Å²) in [5.41, 5.74) is -0.204. The number of nitrogens with one attached hydrogen (secondary N) is 1. The number of hydrogen-bond acceptors (Lipinski definition) is 3. The second-order valence-electron chi connectivity index (χ2n) is 6.35. The van der Waals surface area contributed by atoms with Gasteiger partial charge in [-0.25, -0.2) is 0 Å². The third-order valence-electron chi connectivity index (χ3n) is 3.98. The number of nitrogens with zero attached hydrogens (tertiary/aromatic N) is 2. The molecule has 0 aliphatic heterocycles. The van der Waals surface area contributed by atoms with E-state index in [1.807, 2.05) is 44.2 Å². The van der Waals surface area contributed by atoms with Crippen molar-refractivity contribution < 1.29 is 9.90 Å². The Kier molecular flexibility index (Phi) is 4.37.